The summed E-state index contributed by atoms with van der Waals surface area (Å²) < 4.78 is 0. The maximum Gasteiger partial charge on any atom is 0.0718 e. The minimum atomic E-state index is -0.584. The van der Waals surface area contributed by atoms with Crippen molar-refractivity contribution in [1.82, 2.24) is 4.90 Å². The van der Waals surface area contributed by atoms with Crippen LogP contribution in [0.3, 0.4) is 0 Å². The maximum absolute atomic E-state index is 9.72. The van der Waals surface area contributed by atoms with Crippen LogP contribution in [0.25, 0.3) is 0 Å². The summed E-state index contributed by atoms with van der Waals surface area (Å²) in [4.78, 5) is 2.33. The predicted molar refractivity (Wildman–Crippen MR) is 66.4 cm³/mol. The third-order valence-corrected chi connectivity index (χ3v) is 2.90. The van der Waals surface area contributed by atoms with E-state index in [2.05, 4.69) is 11.8 Å². The number of aliphatic hydroxyl groups is 1. The van der Waals surface area contributed by atoms with E-state index < -0.39 is 5.60 Å². The summed E-state index contributed by atoms with van der Waals surface area (Å²) in [6.07, 6.45) is 2.45. The van der Waals surface area contributed by atoms with Crippen molar-refractivity contribution in [3.05, 3.63) is 0 Å². The number of rotatable bonds is 3. The fraction of sp³-hybridized carbons (Fsp3) is 1.00. The maximum atomic E-state index is 9.72. The van der Waals surface area contributed by atoms with Crippen LogP contribution in [-0.2, 0) is 0 Å². The Hall–Kier alpha value is 0.170. The highest BCUT2D eigenvalue weighted by molar-refractivity contribution is 5.85. The highest BCUT2D eigenvalue weighted by atomic mass is 35.5. The molecule has 0 saturated carbocycles. The van der Waals surface area contributed by atoms with Crippen LogP contribution in [0, 0.1) is 5.92 Å². The minimum absolute atomic E-state index is 0. The summed E-state index contributed by atoms with van der Waals surface area (Å²) in [6, 6.07) is 0.277. The molecule has 1 fully saturated rings. The van der Waals surface area contributed by atoms with Gasteiger partial charge >= 0.3 is 0 Å². The monoisotopic (exact) mass is 236 g/mol. The Kier molecular flexibility index (Phi) is 6.11. The highest BCUT2D eigenvalue weighted by Gasteiger charge is 2.26. The Balaban J connectivity index is 0.00000196. The van der Waals surface area contributed by atoms with Crippen LogP contribution in [0.4, 0.5) is 0 Å². The number of hydrogen-bond acceptors (Lipinski definition) is 3. The van der Waals surface area contributed by atoms with Gasteiger partial charge in [-0.1, -0.05) is 0 Å². The molecule has 4 heteroatoms. The van der Waals surface area contributed by atoms with Crippen molar-refractivity contribution in [1.29, 1.82) is 0 Å². The summed E-state index contributed by atoms with van der Waals surface area (Å²) in [7, 11) is 0. The second-order valence-corrected chi connectivity index (χ2v) is 5.31. The molecule has 0 radical (unpaired) electrons. The minimum Gasteiger partial charge on any atom is -0.389 e. The van der Waals surface area contributed by atoms with Gasteiger partial charge in [0, 0.05) is 19.1 Å². The lowest BCUT2D eigenvalue weighted by Gasteiger charge is -2.37. The SMILES string of the molecule is CC(N)C1CCCN(CC(C)(C)O)C1.Cl. The molecule has 0 aromatic carbocycles. The van der Waals surface area contributed by atoms with Crippen molar-refractivity contribution in [2.75, 3.05) is 19.6 Å². The van der Waals surface area contributed by atoms with Crippen LogP contribution in [0.15, 0.2) is 0 Å². The lowest BCUT2D eigenvalue weighted by molar-refractivity contribution is 0.0197. The molecule has 1 rings (SSSR count). The Morgan fingerprint density at radius 2 is 2.13 bits per heavy atom. The quantitative estimate of drug-likeness (QED) is 0.775. The standard InChI is InChI=1S/C11H24N2O.ClH/c1-9(12)10-5-4-6-13(7-10)8-11(2,3)14;/h9-10,14H,4-8,12H2,1-3H3;1H. The number of nitrogens with two attached hydrogens (primary N) is 1. The zero-order valence-electron chi connectivity index (χ0n) is 10.1. The van der Waals surface area contributed by atoms with E-state index in [4.69, 9.17) is 5.73 Å². The van der Waals surface area contributed by atoms with Crippen molar-refractivity contribution >= 4 is 12.4 Å². The van der Waals surface area contributed by atoms with Gasteiger partial charge in [0.25, 0.3) is 0 Å². The van der Waals surface area contributed by atoms with E-state index in [1.807, 2.05) is 13.8 Å². The van der Waals surface area contributed by atoms with Gasteiger partial charge in [0.05, 0.1) is 5.60 Å². The summed E-state index contributed by atoms with van der Waals surface area (Å²) in [5, 5.41) is 9.72. The fourth-order valence-corrected chi connectivity index (χ4v) is 2.21. The molecule has 2 unspecified atom stereocenters. The molecular weight excluding hydrogens is 212 g/mol. The number of halogens is 1. The molecule has 0 aliphatic carbocycles. The largest absolute Gasteiger partial charge is 0.389 e. The van der Waals surface area contributed by atoms with Crippen LogP contribution >= 0.6 is 12.4 Å². The number of β-amino-alcohol motifs (C(OH)–C–C–N with tert-alkyl or cyclic N) is 1. The van der Waals surface area contributed by atoms with E-state index in [1.54, 1.807) is 0 Å². The molecule has 92 valence electrons. The van der Waals surface area contributed by atoms with Gasteiger partial charge in [-0.2, -0.15) is 0 Å². The van der Waals surface area contributed by atoms with Crippen LogP contribution in [0.2, 0.25) is 0 Å². The lowest BCUT2D eigenvalue weighted by atomic mass is 9.91. The Morgan fingerprint density at radius 1 is 1.53 bits per heavy atom. The molecule has 0 amide bonds. The van der Waals surface area contributed by atoms with E-state index in [9.17, 15) is 5.11 Å². The average Bonchev–Trinajstić information content (AvgIpc) is 2.01. The molecule has 15 heavy (non-hydrogen) atoms. The first-order valence-electron chi connectivity index (χ1n) is 5.59. The first kappa shape index (κ1) is 15.2. The molecule has 0 aromatic rings. The van der Waals surface area contributed by atoms with Gasteiger partial charge in [-0.15, -0.1) is 12.4 Å². The van der Waals surface area contributed by atoms with E-state index in [0.29, 0.717) is 5.92 Å². The van der Waals surface area contributed by atoms with Gasteiger partial charge in [0.1, 0.15) is 0 Å². The van der Waals surface area contributed by atoms with E-state index in [1.165, 1.54) is 12.8 Å². The molecule has 0 bridgehead atoms. The second kappa shape index (κ2) is 6.04. The van der Waals surface area contributed by atoms with Crippen LogP contribution in [0.1, 0.15) is 33.6 Å². The normalized spacial score (nSPS) is 25.8. The summed E-state index contributed by atoms with van der Waals surface area (Å²) in [5.41, 5.74) is 5.32. The van der Waals surface area contributed by atoms with Crippen molar-refractivity contribution in [2.24, 2.45) is 11.7 Å². The average molecular weight is 237 g/mol. The van der Waals surface area contributed by atoms with E-state index in [-0.39, 0.29) is 18.4 Å². The van der Waals surface area contributed by atoms with Crippen molar-refractivity contribution in [3.8, 4) is 0 Å². The topological polar surface area (TPSA) is 49.5 Å². The number of likely N-dealkylation sites (tertiary alicyclic amines) is 1. The predicted octanol–water partition coefficient (Wildman–Crippen LogP) is 1.24. The molecule has 1 saturated heterocycles. The van der Waals surface area contributed by atoms with Crippen molar-refractivity contribution in [3.63, 3.8) is 0 Å². The van der Waals surface area contributed by atoms with Crippen molar-refractivity contribution in [2.45, 2.75) is 45.3 Å². The summed E-state index contributed by atoms with van der Waals surface area (Å²) >= 11 is 0. The number of nitrogens with zero attached hydrogens (tertiary/aromatic N) is 1. The van der Waals surface area contributed by atoms with Gasteiger partial charge in [-0.25, -0.2) is 0 Å². The first-order valence-corrected chi connectivity index (χ1v) is 5.59. The molecule has 1 aliphatic rings. The molecule has 3 N–H and O–H groups in total. The Labute approximate surface area is 99.4 Å². The van der Waals surface area contributed by atoms with Crippen LogP contribution in [-0.4, -0.2) is 41.3 Å². The van der Waals surface area contributed by atoms with Crippen LogP contribution in [0.5, 0.6) is 0 Å². The van der Waals surface area contributed by atoms with Gasteiger partial charge in [0.2, 0.25) is 0 Å². The summed E-state index contributed by atoms with van der Waals surface area (Å²) in [5.74, 6) is 0.603. The molecule has 3 nitrogen and oxygen atoms in total. The van der Waals surface area contributed by atoms with Gasteiger partial charge in [-0.05, 0) is 46.1 Å². The molecular formula is C11H25ClN2O. The smallest absolute Gasteiger partial charge is 0.0718 e. The third kappa shape index (κ3) is 5.71. The van der Waals surface area contributed by atoms with Gasteiger partial charge in [-0.3, -0.25) is 0 Å². The third-order valence-electron chi connectivity index (χ3n) is 2.90. The van der Waals surface area contributed by atoms with Crippen LogP contribution < -0.4 is 5.73 Å². The molecule has 2 atom stereocenters. The Bertz CT molecular complexity index is 180. The molecule has 1 aliphatic heterocycles. The van der Waals surface area contributed by atoms with Gasteiger partial charge in [0.15, 0.2) is 0 Å². The summed E-state index contributed by atoms with van der Waals surface area (Å²) in [6.45, 7) is 8.72. The zero-order chi connectivity index (χ0) is 10.8. The van der Waals surface area contributed by atoms with E-state index >= 15 is 0 Å². The lowest BCUT2D eigenvalue weighted by Crippen LogP contribution is -2.47. The molecule has 0 spiro atoms. The molecule has 1 heterocycles. The first-order chi connectivity index (χ1) is 6.38. The molecule has 0 aromatic heterocycles. The number of hydrogen-bond donors (Lipinski definition) is 2. The van der Waals surface area contributed by atoms with E-state index in [0.717, 1.165) is 19.6 Å². The zero-order valence-corrected chi connectivity index (χ0v) is 10.9. The van der Waals surface area contributed by atoms with Gasteiger partial charge < -0.3 is 15.7 Å². The van der Waals surface area contributed by atoms with Crippen molar-refractivity contribution < 1.29 is 5.11 Å². The second-order valence-electron chi connectivity index (χ2n) is 5.31. The fourth-order valence-electron chi connectivity index (χ4n) is 2.21. The number of piperidine rings is 1. The highest BCUT2D eigenvalue weighted by Crippen LogP contribution is 2.20. The Morgan fingerprint density at radius 3 is 2.60 bits per heavy atom.